The van der Waals surface area contributed by atoms with Gasteiger partial charge in [0.05, 0.1) is 6.26 Å². The summed E-state index contributed by atoms with van der Waals surface area (Å²) in [5.74, 6) is 1.62. The van der Waals surface area contributed by atoms with Crippen molar-refractivity contribution in [2.24, 2.45) is 0 Å². The first-order valence-corrected chi connectivity index (χ1v) is 12.1. The van der Waals surface area contributed by atoms with Crippen LogP contribution < -0.4 is 4.74 Å². The molecule has 0 aliphatic rings. The molecule has 0 atom stereocenters. The van der Waals surface area contributed by atoms with Gasteiger partial charge in [-0.3, -0.25) is 0 Å². The minimum Gasteiger partial charge on any atom is -0.465 e. The summed E-state index contributed by atoms with van der Waals surface area (Å²) in [4.78, 5) is 9.10. The Morgan fingerprint density at radius 1 is 0.733 bits per heavy atom. The number of benzene rings is 1. The molecule has 30 heavy (non-hydrogen) atoms. The highest BCUT2D eigenvalue weighted by Gasteiger charge is 2.02. The first-order valence-electron chi connectivity index (χ1n) is 12.1. The minimum atomic E-state index is 0.773. The van der Waals surface area contributed by atoms with Crippen molar-refractivity contribution < 1.29 is 4.74 Å². The molecule has 2 rings (SSSR count). The predicted octanol–water partition coefficient (Wildman–Crippen LogP) is 8.30. The normalized spacial score (nSPS) is 11.3. The van der Waals surface area contributed by atoms with Gasteiger partial charge in [-0.25, -0.2) is 9.97 Å². The van der Waals surface area contributed by atoms with Crippen molar-refractivity contribution in [3.8, 4) is 17.1 Å². The van der Waals surface area contributed by atoms with Crippen molar-refractivity contribution in [2.75, 3.05) is 0 Å². The van der Waals surface area contributed by atoms with Crippen LogP contribution in [0.1, 0.15) is 96.5 Å². The zero-order chi connectivity index (χ0) is 21.3. The Hall–Kier alpha value is -2.16. The summed E-state index contributed by atoms with van der Waals surface area (Å²) < 4.78 is 5.71. The second-order valence-electron chi connectivity index (χ2n) is 8.15. The largest absolute Gasteiger partial charge is 0.465 e. The van der Waals surface area contributed by atoms with Crippen LogP contribution in [-0.2, 0) is 6.42 Å². The molecule has 0 bridgehead atoms. The van der Waals surface area contributed by atoms with Gasteiger partial charge in [0.1, 0.15) is 5.75 Å². The van der Waals surface area contributed by atoms with E-state index in [-0.39, 0.29) is 0 Å². The number of aryl methyl sites for hydroxylation is 1. The number of unbranched alkanes of at least 4 members (excludes halogenated alkanes) is 10. The maximum atomic E-state index is 5.71. The third kappa shape index (κ3) is 10.0. The molecule has 164 valence electrons. The fraction of sp³-hybridized carbons (Fsp3) is 0.556. The van der Waals surface area contributed by atoms with E-state index in [9.17, 15) is 0 Å². The molecule has 0 spiro atoms. The maximum absolute atomic E-state index is 5.71. The van der Waals surface area contributed by atoms with Crippen LogP contribution in [0.25, 0.3) is 11.4 Å². The molecule has 0 aliphatic carbocycles. The first-order chi connectivity index (χ1) is 14.8. The minimum absolute atomic E-state index is 0.773. The van der Waals surface area contributed by atoms with E-state index in [2.05, 4.69) is 29.9 Å². The molecule has 1 aromatic carbocycles. The Balaban J connectivity index is 1.69. The van der Waals surface area contributed by atoms with E-state index in [1.807, 2.05) is 42.9 Å². The van der Waals surface area contributed by atoms with Gasteiger partial charge in [-0.2, -0.15) is 0 Å². The van der Waals surface area contributed by atoms with Crippen LogP contribution in [0.15, 0.2) is 49.0 Å². The van der Waals surface area contributed by atoms with Gasteiger partial charge in [0.15, 0.2) is 5.82 Å². The molecule has 0 amide bonds. The number of hydrogen-bond donors (Lipinski definition) is 0. The molecule has 0 fully saturated rings. The molecule has 0 saturated carbocycles. The van der Waals surface area contributed by atoms with Gasteiger partial charge in [0.2, 0.25) is 0 Å². The number of allylic oxidation sites excluding steroid dienone is 1. The lowest BCUT2D eigenvalue weighted by molar-refractivity contribution is 0.477. The van der Waals surface area contributed by atoms with Crippen molar-refractivity contribution in [2.45, 2.75) is 97.3 Å². The van der Waals surface area contributed by atoms with Crippen molar-refractivity contribution in [1.82, 2.24) is 9.97 Å². The SMILES string of the molecule is CCCCCCCC/C=C\Oc1ccc(-c2ncc(CCCCCCC)cn2)cc1. The summed E-state index contributed by atoms with van der Waals surface area (Å²) in [6.45, 7) is 4.51. The van der Waals surface area contributed by atoms with E-state index in [0.717, 1.165) is 30.0 Å². The Labute approximate surface area is 184 Å². The van der Waals surface area contributed by atoms with Gasteiger partial charge in [0, 0.05) is 18.0 Å². The molecule has 0 saturated heterocycles. The molecule has 3 nitrogen and oxygen atoms in total. The summed E-state index contributed by atoms with van der Waals surface area (Å²) in [6.07, 6.45) is 24.5. The topological polar surface area (TPSA) is 35.0 Å². The fourth-order valence-corrected chi connectivity index (χ4v) is 3.49. The standard InChI is InChI=1S/C27H40N2O/c1-3-5-7-9-10-11-13-15-21-30-26-19-17-25(18-20-26)27-28-22-24(23-29-27)16-14-12-8-6-4-2/h15,17-23H,3-14,16H2,1-2H3/b21-15-. The summed E-state index contributed by atoms with van der Waals surface area (Å²) >= 11 is 0. The summed E-state index contributed by atoms with van der Waals surface area (Å²) in [6, 6.07) is 8.01. The molecule has 0 N–H and O–H groups in total. The van der Waals surface area contributed by atoms with Gasteiger partial charge in [0.25, 0.3) is 0 Å². The second-order valence-corrected chi connectivity index (χ2v) is 8.15. The van der Waals surface area contributed by atoms with Crippen LogP contribution >= 0.6 is 0 Å². The van der Waals surface area contributed by atoms with Crippen molar-refractivity contribution >= 4 is 0 Å². The lowest BCUT2D eigenvalue weighted by atomic mass is 10.1. The van der Waals surface area contributed by atoms with Crippen LogP contribution in [-0.4, -0.2) is 9.97 Å². The molecule has 1 aromatic heterocycles. The summed E-state index contributed by atoms with van der Waals surface area (Å²) in [5, 5.41) is 0. The molecule has 0 radical (unpaired) electrons. The summed E-state index contributed by atoms with van der Waals surface area (Å²) in [7, 11) is 0. The Morgan fingerprint density at radius 2 is 1.33 bits per heavy atom. The molecular weight excluding hydrogens is 368 g/mol. The smallest absolute Gasteiger partial charge is 0.159 e. The Kier molecular flexibility index (Phi) is 12.6. The third-order valence-electron chi connectivity index (χ3n) is 5.41. The number of nitrogens with zero attached hydrogens (tertiary/aromatic N) is 2. The summed E-state index contributed by atoms with van der Waals surface area (Å²) in [5.41, 5.74) is 2.25. The highest BCUT2D eigenvalue weighted by Crippen LogP contribution is 2.20. The van der Waals surface area contributed by atoms with Crippen LogP contribution in [0.4, 0.5) is 0 Å². The fourth-order valence-electron chi connectivity index (χ4n) is 3.49. The first kappa shape index (κ1) is 24.1. The van der Waals surface area contributed by atoms with Crippen LogP contribution in [0.5, 0.6) is 5.75 Å². The molecular formula is C27H40N2O. The van der Waals surface area contributed by atoms with Gasteiger partial charge in [-0.15, -0.1) is 0 Å². The van der Waals surface area contributed by atoms with E-state index in [4.69, 9.17) is 4.74 Å². The molecule has 1 heterocycles. The van der Waals surface area contributed by atoms with E-state index in [1.54, 1.807) is 0 Å². The van der Waals surface area contributed by atoms with Crippen molar-refractivity contribution in [3.05, 3.63) is 54.6 Å². The predicted molar refractivity (Wildman–Crippen MR) is 128 cm³/mol. The average molecular weight is 409 g/mol. The lowest BCUT2D eigenvalue weighted by Crippen LogP contribution is -1.93. The van der Waals surface area contributed by atoms with E-state index in [0.29, 0.717) is 0 Å². The molecule has 0 unspecified atom stereocenters. The number of ether oxygens (including phenoxy) is 1. The molecule has 2 aromatic rings. The van der Waals surface area contributed by atoms with Crippen molar-refractivity contribution in [1.29, 1.82) is 0 Å². The van der Waals surface area contributed by atoms with Crippen LogP contribution in [0, 0.1) is 0 Å². The van der Waals surface area contributed by atoms with E-state index >= 15 is 0 Å². The van der Waals surface area contributed by atoms with E-state index in [1.165, 1.54) is 76.2 Å². The second kappa shape index (κ2) is 15.6. The molecule has 0 aliphatic heterocycles. The third-order valence-corrected chi connectivity index (χ3v) is 5.41. The zero-order valence-corrected chi connectivity index (χ0v) is 19.1. The number of aromatic nitrogens is 2. The van der Waals surface area contributed by atoms with Gasteiger partial charge < -0.3 is 4.74 Å². The Bertz CT molecular complexity index is 692. The number of rotatable bonds is 16. The van der Waals surface area contributed by atoms with E-state index < -0.39 is 0 Å². The van der Waals surface area contributed by atoms with Crippen molar-refractivity contribution in [3.63, 3.8) is 0 Å². The quantitative estimate of drug-likeness (QED) is 0.207. The number of hydrogen-bond acceptors (Lipinski definition) is 3. The van der Waals surface area contributed by atoms with Crippen LogP contribution in [0.2, 0.25) is 0 Å². The monoisotopic (exact) mass is 408 g/mol. The lowest BCUT2D eigenvalue weighted by Gasteiger charge is -2.05. The Morgan fingerprint density at radius 3 is 2.00 bits per heavy atom. The van der Waals surface area contributed by atoms with Crippen LogP contribution in [0.3, 0.4) is 0 Å². The highest BCUT2D eigenvalue weighted by molar-refractivity contribution is 5.55. The van der Waals surface area contributed by atoms with Gasteiger partial charge in [-0.1, -0.05) is 71.6 Å². The van der Waals surface area contributed by atoms with Gasteiger partial charge in [-0.05, 0) is 61.6 Å². The molecule has 3 heteroatoms. The zero-order valence-electron chi connectivity index (χ0n) is 19.1. The highest BCUT2D eigenvalue weighted by atomic mass is 16.5. The average Bonchev–Trinajstić information content (AvgIpc) is 2.79. The van der Waals surface area contributed by atoms with Gasteiger partial charge >= 0.3 is 0 Å². The maximum Gasteiger partial charge on any atom is 0.159 e.